The van der Waals surface area contributed by atoms with Gasteiger partial charge >= 0.3 is 0 Å². The Hall–Kier alpha value is -1.81. The molecule has 18 heavy (non-hydrogen) atoms. The summed E-state index contributed by atoms with van der Waals surface area (Å²) >= 11 is 0. The molecule has 0 unspecified atom stereocenters. The molecule has 1 aliphatic rings. The molecule has 0 bridgehead atoms. The van der Waals surface area contributed by atoms with E-state index in [0.29, 0.717) is 19.0 Å². The molecule has 1 aromatic carbocycles. The fourth-order valence-corrected chi connectivity index (χ4v) is 2.35. The summed E-state index contributed by atoms with van der Waals surface area (Å²) in [6, 6.07) is 6.25. The number of hydrogen-bond donors (Lipinski definition) is 1. The predicted molar refractivity (Wildman–Crippen MR) is 68.8 cm³/mol. The van der Waals surface area contributed by atoms with Gasteiger partial charge in [0.1, 0.15) is 0 Å². The van der Waals surface area contributed by atoms with E-state index in [1.54, 1.807) is 0 Å². The Morgan fingerprint density at radius 1 is 1.28 bits per heavy atom. The molecule has 3 rings (SSSR count). The lowest BCUT2D eigenvalue weighted by Crippen LogP contribution is -1.93. The van der Waals surface area contributed by atoms with Gasteiger partial charge in [-0.25, -0.2) is 0 Å². The molecule has 0 aliphatic carbocycles. The smallest absolute Gasteiger partial charge is 0.172 e. The minimum Gasteiger partial charge on any atom is -0.381 e. The Kier molecular flexibility index (Phi) is 2.80. The summed E-state index contributed by atoms with van der Waals surface area (Å²) in [7, 11) is 0. The van der Waals surface area contributed by atoms with E-state index in [1.165, 1.54) is 11.1 Å². The van der Waals surface area contributed by atoms with E-state index < -0.39 is 0 Å². The molecule has 2 aromatic rings. The second-order valence-electron chi connectivity index (χ2n) is 4.60. The van der Waals surface area contributed by atoms with E-state index in [-0.39, 0.29) is 0 Å². The molecule has 2 N–H and O–H groups in total. The summed E-state index contributed by atoms with van der Waals surface area (Å²) < 4.78 is 10.8. The molecule has 0 saturated carbocycles. The number of nitrogens with two attached hydrogens (primary N) is 1. The van der Waals surface area contributed by atoms with Gasteiger partial charge < -0.3 is 15.0 Å². The second-order valence-corrected chi connectivity index (χ2v) is 4.60. The third-order valence-corrected chi connectivity index (χ3v) is 3.30. The molecule has 0 amide bonds. The quantitative estimate of drug-likeness (QED) is 0.901. The van der Waals surface area contributed by atoms with Crippen LogP contribution in [0.15, 0.2) is 22.7 Å². The number of hydrogen-bond acceptors (Lipinski definition) is 4. The number of rotatable bonds is 3. The third kappa shape index (κ3) is 1.78. The van der Waals surface area contributed by atoms with Crippen LogP contribution >= 0.6 is 0 Å². The molecule has 94 valence electrons. The lowest BCUT2D eigenvalue weighted by atomic mass is 10.0. The largest absolute Gasteiger partial charge is 0.381 e. The zero-order valence-corrected chi connectivity index (χ0v) is 10.4. The van der Waals surface area contributed by atoms with Crippen LogP contribution in [0.5, 0.6) is 0 Å². The van der Waals surface area contributed by atoms with Gasteiger partial charge in [0.05, 0.1) is 13.2 Å². The van der Waals surface area contributed by atoms with Crippen LogP contribution in [0, 0.1) is 0 Å². The van der Waals surface area contributed by atoms with Crippen LogP contribution in [-0.2, 0) is 24.4 Å². The molecule has 4 nitrogen and oxygen atoms in total. The number of aromatic nitrogens is 1. The Bertz CT molecular complexity index is 575. The van der Waals surface area contributed by atoms with Crippen molar-refractivity contribution >= 4 is 5.82 Å². The highest BCUT2D eigenvalue weighted by Gasteiger charge is 2.18. The van der Waals surface area contributed by atoms with E-state index in [9.17, 15) is 0 Å². The first-order chi connectivity index (χ1) is 8.79. The number of ether oxygens (including phenoxy) is 1. The van der Waals surface area contributed by atoms with Crippen molar-refractivity contribution in [1.29, 1.82) is 0 Å². The van der Waals surface area contributed by atoms with Crippen molar-refractivity contribution in [2.45, 2.75) is 33.0 Å². The monoisotopic (exact) mass is 244 g/mol. The maximum atomic E-state index is 5.85. The molecule has 0 radical (unpaired) electrons. The van der Waals surface area contributed by atoms with Crippen molar-refractivity contribution in [1.82, 2.24) is 5.16 Å². The molecular formula is C14H16N2O2. The molecule has 1 aromatic heterocycles. The zero-order chi connectivity index (χ0) is 12.5. The van der Waals surface area contributed by atoms with Crippen LogP contribution in [0.2, 0.25) is 0 Å². The van der Waals surface area contributed by atoms with Crippen LogP contribution < -0.4 is 5.73 Å². The van der Waals surface area contributed by atoms with E-state index in [0.717, 1.165) is 29.7 Å². The molecule has 0 atom stereocenters. The SMILES string of the molecule is CCCc1c(N)noc1-c1ccc2c(c1)COC2. The fraction of sp³-hybridized carbons (Fsp3) is 0.357. The Morgan fingerprint density at radius 3 is 2.94 bits per heavy atom. The number of benzene rings is 1. The van der Waals surface area contributed by atoms with Crippen LogP contribution in [0.25, 0.3) is 11.3 Å². The maximum absolute atomic E-state index is 5.85. The first-order valence-corrected chi connectivity index (χ1v) is 6.23. The summed E-state index contributed by atoms with van der Waals surface area (Å²) in [5.74, 6) is 1.30. The Balaban J connectivity index is 2.04. The van der Waals surface area contributed by atoms with Gasteiger partial charge in [0, 0.05) is 11.1 Å². The molecular weight excluding hydrogens is 228 g/mol. The van der Waals surface area contributed by atoms with Crippen LogP contribution in [-0.4, -0.2) is 5.16 Å². The molecule has 4 heteroatoms. The van der Waals surface area contributed by atoms with Crippen molar-refractivity contribution in [3.8, 4) is 11.3 Å². The number of fused-ring (bicyclic) bond motifs is 1. The number of nitrogen functional groups attached to an aromatic ring is 1. The first kappa shape index (κ1) is 11.3. The normalized spacial score (nSPS) is 13.8. The van der Waals surface area contributed by atoms with Crippen LogP contribution in [0.4, 0.5) is 5.82 Å². The van der Waals surface area contributed by atoms with Gasteiger partial charge in [-0.05, 0) is 23.6 Å². The standard InChI is InChI=1S/C14H16N2O2/c1-2-3-12-13(18-16-14(12)15)9-4-5-10-7-17-8-11(10)6-9/h4-6H,2-3,7-8H2,1H3,(H2,15,16). The number of anilines is 1. The van der Waals surface area contributed by atoms with Gasteiger partial charge in [0.2, 0.25) is 0 Å². The van der Waals surface area contributed by atoms with Crippen molar-refractivity contribution in [2.24, 2.45) is 0 Å². The van der Waals surface area contributed by atoms with Crippen molar-refractivity contribution in [2.75, 3.05) is 5.73 Å². The molecule has 2 heterocycles. The van der Waals surface area contributed by atoms with Gasteiger partial charge in [0.25, 0.3) is 0 Å². The number of nitrogens with zero attached hydrogens (tertiary/aromatic N) is 1. The van der Waals surface area contributed by atoms with Gasteiger partial charge in [-0.15, -0.1) is 0 Å². The fourth-order valence-electron chi connectivity index (χ4n) is 2.35. The minimum atomic E-state index is 0.503. The summed E-state index contributed by atoms with van der Waals surface area (Å²) in [5.41, 5.74) is 10.4. The lowest BCUT2D eigenvalue weighted by Gasteiger charge is -2.03. The molecule has 0 saturated heterocycles. The minimum absolute atomic E-state index is 0.503. The predicted octanol–water partition coefficient (Wildman–Crippen LogP) is 2.91. The van der Waals surface area contributed by atoms with Gasteiger partial charge in [-0.3, -0.25) is 0 Å². The summed E-state index contributed by atoms with van der Waals surface area (Å²) in [4.78, 5) is 0. The summed E-state index contributed by atoms with van der Waals surface area (Å²) in [6.07, 6.45) is 1.91. The van der Waals surface area contributed by atoms with Gasteiger partial charge in [-0.1, -0.05) is 30.6 Å². The zero-order valence-electron chi connectivity index (χ0n) is 10.4. The first-order valence-electron chi connectivity index (χ1n) is 6.23. The third-order valence-electron chi connectivity index (χ3n) is 3.30. The maximum Gasteiger partial charge on any atom is 0.172 e. The lowest BCUT2D eigenvalue weighted by molar-refractivity contribution is 0.134. The molecule has 0 fully saturated rings. The van der Waals surface area contributed by atoms with E-state index in [4.69, 9.17) is 15.0 Å². The summed E-state index contributed by atoms with van der Waals surface area (Å²) in [6.45, 7) is 3.50. The van der Waals surface area contributed by atoms with E-state index >= 15 is 0 Å². The average Bonchev–Trinajstić information content (AvgIpc) is 2.97. The van der Waals surface area contributed by atoms with E-state index in [2.05, 4.69) is 24.2 Å². The second kappa shape index (κ2) is 4.46. The highest BCUT2D eigenvalue weighted by atomic mass is 16.5. The van der Waals surface area contributed by atoms with Crippen LogP contribution in [0.1, 0.15) is 30.0 Å². The summed E-state index contributed by atoms with van der Waals surface area (Å²) in [5, 5.41) is 3.88. The van der Waals surface area contributed by atoms with Crippen molar-refractivity contribution in [3.05, 3.63) is 34.9 Å². The van der Waals surface area contributed by atoms with E-state index in [1.807, 2.05) is 6.07 Å². The average molecular weight is 244 g/mol. The van der Waals surface area contributed by atoms with Crippen LogP contribution in [0.3, 0.4) is 0 Å². The topological polar surface area (TPSA) is 61.3 Å². The van der Waals surface area contributed by atoms with Crippen molar-refractivity contribution < 1.29 is 9.26 Å². The van der Waals surface area contributed by atoms with Crippen molar-refractivity contribution in [3.63, 3.8) is 0 Å². The highest BCUT2D eigenvalue weighted by Crippen LogP contribution is 2.32. The highest BCUT2D eigenvalue weighted by molar-refractivity contribution is 5.67. The Labute approximate surface area is 106 Å². The Morgan fingerprint density at radius 2 is 2.11 bits per heavy atom. The molecule has 0 spiro atoms. The molecule has 1 aliphatic heterocycles. The van der Waals surface area contributed by atoms with Gasteiger partial charge in [-0.2, -0.15) is 0 Å². The van der Waals surface area contributed by atoms with Gasteiger partial charge in [0.15, 0.2) is 11.6 Å².